The summed E-state index contributed by atoms with van der Waals surface area (Å²) in [5, 5.41) is 13.0. The van der Waals surface area contributed by atoms with Crippen molar-refractivity contribution in [3.8, 4) is 0 Å². The number of halogens is 1. The van der Waals surface area contributed by atoms with E-state index < -0.39 is 11.9 Å². The Bertz CT molecular complexity index is 529. The Morgan fingerprint density at radius 3 is 3.00 bits per heavy atom. The summed E-state index contributed by atoms with van der Waals surface area (Å²) in [4.78, 5) is 24.5. The molecular weight excluding hydrogens is 258 g/mol. The van der Waals surface area contributed by atoms with Crippen LogP contribution in [0.25, 0.3) is 0 Å². The number of aliphatic carboxylic acids is 1. The number of aryl methyl sites for hydroxylation is 1. The second-order valence-corrected chi connectivity index (χ2v) is 4.77. The Morgan fingerprint density at radius 2 is 2.33 bits per heavy atom. The van der Waals surface area contributed by atoms with Gasteiger partial charge in [-0.3, -0.25) is 9.59 Å². The van der Waals surface area contributed by atoms with E-state index in [0.717, 1.165) is 11.1 Å². The quantitative estimate of drug-likeness (QED) is 0.858. The van der Waals surface area contributed by atoms with Crippen molar-refractivity contribution in [2.75, 3.05) is 18.0 Å². The number of carboxylic acid groups (broad SMARTS) is 1. The highest BCUT2D eigenvalue weighted by molar-refractivity contribution is 6.33. The summed E-state index contributed by atoms with van der Waals surface area (Å²) < 4.78 is 1.16. The summed E-state index contributed by atoms with van der Waals surface area (Å²) in [6.07, 6.45) is 2.93. The zero-order chi connectivity index (χ0) is 13.3. The fourth-order valence-corrected chi connectivity index (χ4v) is 2.41. The van der Waals surface area contributed by atoms with E-state index in [0.29, 0.717) is 25.2 Å². The Hall–Kier alpha value is -1.56. The lowest BCUT2D eigenvalue weighted by atomic mass is 9.98. The lowest BCUT2D eigenvalue weighted by Gasteiger charge is -2.32. The molecule has 0 saturated carbocycles. The van der Waals surface area contributed by atoms with Gasteiger partial charge in [-0.05, 0) is 12.8 Å². The Kier molecular flexibility index (Phi) is 3.56. The van der Waals surface area contributed by atoms with Crippen molar-refractivity contribution < 1.29 is 9.90 Å². The van der Waals surface area contributed by atoms with Crippen LogP contribution in [0.4, 0.5) is 5.69 Å². The van der Waals surface area contributed by atoms with Crippen molar-refractivity contribution in [3.05, 3.63) is 21.6 Å². The molecule has 1 saturated heterocycles. The van der Waals surface area contributed by atoms with E-state index in [-0.39, 0.29) is 10.6 Å². The van der Waals surface area contributed by atoms with E-state index in [1.807, 2.05) is 4.90 Å². The third-order valence-electron chi connectivity index (χ3n) is 3.17. The number of carboxylic acids is 1. The first-order valence-electron chi connectivity index (χ1n) is 5.70. The van der Waals surface area contributed by atoms with Crippen LogP contribution in [0.3, 0.4) is 0 Å². The van der Waals surface area contributed by atoms with Crippen LogP contribution in [0.5, 0.6) is 0 Å². The largest absolute Gasteiger partial charge is 0.481 e. The van der Waals surface area contributed by atoms with Crippen LogP contribution < -0.4 is 10.5 Å². The smallest absolute Gasteiger partial charge is 0.308 e. The molecule has 0 aromatic carbocycles. The first-order valence-corrected chi connectivity index (χ1v) is 6.08. The standard InChI is InChI=1S/C11H14ClN3O3/c1-14-10(16)9(12)8(5-13-14)15-4-2-3-7(6-15)11(17)18/h5,7H,2-4,6H2,1H3,(H,17,18)/t7-/m1/s1. The van der Waals surface area contributed by atoms with Gasteiger partial charge in [-0.25, -0.2) is 4.68 Å². The van der Waals surface area contributed by atoms with Crippen molar-refractivity contribution in [1.29, 1.82) is 0 Å². The third kappa shape index (κ3) is 2.33. The summed E-state index contributed by atoms with van der Waals surface area (Å²) in [5.74, 6) is -1.23. The van der Waals surface area contributed by atoms with E-state index in [1.54, 1.807) is 0 Å². The second kappa shape index (κ2) is 4.97. The van der Waals surface area contributed by atoms with Gasteiger partial charge >= 0.3 is 5.97 Å². The van der Waals surface area contributed by atoms with Crippen molar-refractivity contribution in [2.45, 2.75) is 12.8 Å². The summed E-state index contributed by atoms with van der Waals surface area (Å²) in [6, 6.07) is 0. The van der Waals surface area contributed by atoms with Gasteiger partial charge < -0.3 is 10.0 Å². The minimum atomic E-state index is -0.812. The van der Waals surface area contributed by atoms with Crippen LogP contribution in [0.15, 0.2) is 11.0 Å². The predicted octanol–water partition coefficient (Wildman–Crippen LogP) is 0.735. The van der Waals surface area contributed by atoms with Crippen molar-refractivity contribution in [1.82, 2.24) is 9.78 Å². The molecule has 1 aliphatic heterocycles. The zero-order valence-corrected chi connectivity index (χ0v) is 10.7. The van der Waals surface area contributed by atoms with Crippen LogP contribution in [-0.2, 0) is 11.8 Å². The van der Waals surface area contributed by atoms with Crippen molar-refractivity contribution in [3.63, 3.8) is 0 Å². The summed E-state index contributed by atoms with van der Waals surface area (Å²) in [6.45, 7) is 1.06. The van der Waals surface area contributed by atoms with Crippen LogP contribution in [0.1, 0.15) is 12.8 Å². The van der Waals surface area contributed by atoms with Gasteiger partial charge in [-0.1, -0.05) is 11.6 Å². The SMILES string of the molecule is Cn1ncc(N2CCC[C@@H](C(=O)O)C2)c(Cl)c1=O. The van der Waals surface area contributed by atoms with Crippen molar-refractivity contribution in [2.24, 2.45) is 13.0 Å². The molecule has 1 atom stereocenters. The molecule has 0 aliphatic carbocycles. The third-order valence-corrected chi connectivity index (χ3v) is 3.53. The molecule has 1 aromatic heterocycles. The normalized spacial score (nSPS) is 19.9. The molecule has 1 aliphatic rings. The lowest BCUT2D eigenvalue weighted by Crippen LogP contribution is -2.39. The Morgan fingerprint density at radius 1 is 1.61 bits per heavy atom. The number of hydrogen-bond acceptors (Lipinski definition) is 4. The molecule has 18 heavy (non-hydrogen) atoms. The number of rotatable bonds is 2. The summed E-state index contributed by atoms with van der Waals surface area (Å²) in [5.41, 5.74) is 0.150. The van der Waals surface area contributed by atoms with E-state index in [1.165, 1.54) is 13.2 Å². The molecule has 98 valence electrons. The average molecular weight is 272 g/mol. The summed E-state index contributed by atoms with van der Waals surface area (Å²) >= 11 is 6.00. The van der Waals surface area contributed by atoms with E-state index >= 15 is 0 Å². The van der Waals surface area contributed by atoms with Gasteiger partial charge in [-0.15, -0.1) is 0 Å². The van der Waals surface area contributed by atoms with Crippen LogP contribution in [0, 0.1) is 5.92 Å². The topological polar surface area (TPSA) is 75.4 Å². The molecular formula is C11H14ClN3O3. The number of nitrogens with zero attached hydrogens (tertiary/aromatic N) is 3. The predicted molar refractivity (Wildman–Crippen MR) is 67.1 cm³/mol. The Labute approximate surface area is 109 Å². The van der Waals surface area contributed by atoms with Gasteiger partial charge in [0.1, 0.15) is 5.02 Å². The number of anilines is 1. The van der Waals surface area contributed by atoms with Crippen LogP contribution in [-0.4, -0.2) is 33.9 Å². The number of aromatic nitrogens is 2. The fourth-order valence-electron chi connectivity index (χ4n) is 2.12. The van der Waals surface area contributed by atoms with Gasteiger partial charge in [0.25, 0.3) is 5.56 Å². The lowest BCUT2D eigenvalue weighted by molar-refractivity contribution is -0.141. The fraction of sp³-hybridized carbons (Fsp3) is 0.545. The second-order valence-electron chi connectivity index (χ2n) is 4.40. The van der Waals surface area contributed by atoms with Gasteiger partial charge in [0.2, 0.25) is 0 Å². The molecule has 0 spiro atoms. The molecule has 2 rings (SSSR count). The number of hydrogen-bond donors (Lipinski definition) is 1. The molecule has 0 unspecified atom stereocenters. The highest BCUT2D eigenvalue weighted by atomic mass is 35.5. The molecule has 1 aromatic rings. The number of carbonyl (C=O) groups is 1. The molecule has 0 radical (unpaired) electrons. The van der Waals surface area contributed by atoms with Gasteiger partial charge in [-0.2, -0.15) is 5.10 Å². The maximum Gasteiger partial charge on any atom is 0.308 e. The molecule has 2 heterocycles. The zero-order valence-electron chi connectivity index (χ0n) is 9.97. The minimum absolute atomic E-state index is 0.0959. The highest BCUT2D eigenvalue weighted by Gasteiger charge is 2.27. The molecule has 1 fully saturated rings. The van der Waals surface area contributed by atoms with Gasteiger partial charge in [0, 0.05) is 20.1 Å². The molecule has 0 amide bonds. The first kappa shape index (κ1) is 12.9. The number of piperidine rings is 1. The maximum atomic E-state index is 11.7. The van der Waals surface area contributed by atoms with E-state index in [4.69, 9.17) is 16.7 Å². The summed E-state index contributed by atoms with van der Waals surface area (Å²) in [7, 11) is 1.52. The van der Waals surface area contributed by atoms with E-state index in [2.05, 4.69) is 5.10 Å². The average Bonchev–Trinajstić information content (AvgIpc) is 2.36. The maximum absolute atomic E-state index is 11.7. The molecule has 1 N–H and O–H groups in total. The Balaban J connectivity index is 2.29. The molecule has 6 nitrogen and oxygen atoms in total. The monoisotopic (exact) mass is 271 g/mol. The first-order chi connectivity index (χ1) is 8.50. The van der Waals surface area contributed by atoms with Gasteiger partial charge in [0.05, 0.1) is 17.8 Å². The minimum Gasteiger partial charge on any atom is -0.481 e. The van der Waals surface area contributed by atoms with E-state index in [9.17, 15) is 9.59 Å². The van der Waals surface area contributed by atoms with Crippen molar-refractivity contribution >= 4 is 23.3 Å². The molecule has 7 heteroatoms. The van der Waals surface area contributed by atoms with Crippen LogP contribution >= 0.6 is 11.6 Å². The molecule has 0 bridgehead atoms. The van der Waals surface area contributed by atoms with Gasteiger partial charge in [0.15, 0.2) is 0 Å². The van der Waals surface area contributed by atoms with Crippen LogP contribution in [0.2, 0.25) is 5.02 Å². The highest BCUT2D eigenvalue weighted by Crippen LogP contribution is 2.26.